The van der Waals surface area contributed by atoms with Gasteiger partial charge in [0.05, 0.1) is 23.5 Å². The molecule has 1 heterocycles. The summed E-state index contributed by atoms with van der Waals surface area (Å²) in [6.07, 6.45) is 1.25. The van der Waals surface area contributed by atoms with Crippen LogP contribution in [0.3, 0.4) is 0 Å². The van der Waals surface area contributed by atoms with E-state index in [0.29, 0.717) is 5.03 Å². The highest BCUT2D eigenvalue weighted by molar-refractivity contribution is 8.04. The van der Waals surface area contributed by atoms with Crippen LogP contribution in [0.2, 0.25) is 0 Å². The number of ether oxygens (including phenoxy) is 1. The first kappa shape index (κ1) is 18.1. The first-order chi connectivity index (χ1) is 11.4. The normalized spacial score (nSPS) is 15.7. The highest BCUT2D eigenvalue weighted by atomic mass is 32.2. The van der Waals surface area contributed by atoms with Gasteiger partial charge in [-0.25, -0.2) is 4.79 Å². The lowest BCUT2D eigenvalue weighted by molar-refractivity contribution is -0.137. The van der Waals surface area contributed by atoms with Crippen molar-refractivity contribution in [3.8, 4) is 0 Å². The van der Waals surface area contributed by atoms with Crippen LogP contribution in [-0.2, 0) is 19.1 Å². The molecule has 0 atom stereocenters. The number of esters is 1. The van der Waals surface area contributed by atoms with Gasteiger partial charge in [0, 0.05) is 5.69 Å². The number of nitrogens with zero attached hydrogens (tertiary/aromatic N) is 1. The Morgan fingerprint density at radius 2 is 2.12 bits per heavy atom. The molecule has 0 aromatic heterocycles. The van der Waals surface area contributed by atoms with E-state index < -0.39 is 5.97 Å². The van der Waals surface area contributed by atoms with Gasteiger partial charge in [-0.05, 0) is 38.0 Å². The largest absolute Gasteiger partial charge is 0.463 e. The van der Waals surface area contributed by atoms with Crippen LogP contribution in [-0.4, -0.2) is 41.6 Å². The second-order valence-corrected chi connectivity index (χ2v) is 6.29. The van der Waals surface area contributed by atoms with E-state index in [4.69, 9.17) is 4.74 Å². The number of anilines is 1. The van der Waals surface area contributed by atoms with Crippen molar-refractivity contribution in [1.82, 2.24) is 4.90 Å². The van der Waals surface area contributed by atoms with E-state index in [2.05, 4.69) is 5.32 Å². The van der Waals surface area contributed by atoms with Gasteiger partial charge in [-0.15, -0.1) is 0 Å². The zero-order valence-corrected chi connectivity index (χ0v) is 14.7. The van der Waals surface area contributed by atoms with E-state index in [-0.39, 0.29) is 30.7 Å². The van der Waals surface area contributed by atoms with Crippen molar-refractivity contribution < 1.29 is 19.1 Å². The summed E-state index contributed by atoms with van der Waals surface area (Å²) in [5.41, 5.74) is 2.77. The molecule has 7 heteroatoms. The molecule has 0 aliphatic carbocycles. The number of aryl methyl sites for hydroxylation is 1. The Morgan fingerprint density at radius 3 is 2.83 bits per heavy atom. The average Bonchev–Trinajstić information content (AvgIpc) is 2.85. The molecule has 1 N–H and O–H groups in total. The van der Waals surface area contributed by atoms with Crippen LogP contribution in [0, 0.1) is 13.8 Å². The minimum absolute atomic E-state index is 0.134. The number of carbonyl (C=O) groups is 3. The summed E-state index contributed by atoms with van der Waals surface area (Å²) in [7, 11) is 0. The summed E-state index contributed by atoms with van der Waals surface area (Å²) < 4.78 is 4.85. The van der Waals surface area contributed by atoms with Crippen molar-refractivity contribution in [1.29, 1.82) is 0 Å². The fourth-order valence-electron chi connectivity index (χ4n) is 2.20. The van der Waals surface area contributed by atoms with Crippen LogP contribution in [0.1, 0.15) is 18.1 Å². The van der Waals surface area contributed by atoms with E-state index in [1.54, 1.807) is 6.92 Å². The zero-order chi connectivity index (χ0) is 17.7. The van der Waals surface area contributed by atoms with Crippen LogP contribution in [0.4, 0.5) is 5.69 Å². The molecule has 1 saturated heterocycles. The van der Waals surface area contributed by atoms with Gasteiger partial charge in [0.15, 0.2) is 0 Å². The molecule has 1 aromatic carbocycles. The number of hydrogen-bond donors (Lipinski definition) is 1. The van der Waals surface area contributed by atoms with Crippen molar-refractivity contribution in [2.75, 3.05) is 24.2 Å². The van der Waals surface area contributed by atoms with Crippen molar-refractivity contribution in [2.45, 2.75) is 20.8 Å². The standard InChI is InChI=1S/C17H20N2O4S/c1-4-23-17(22)8-16-19(15(21)10-24-16)9-14(20)18-13-7-5-6-11(2)12(13)3/h5-8H,4,9-10H2,1-3H3,(H,18,20)/b16-8-. The van der Waals surface area contributed by atoms with Crippen molar-refractivity contribution >= 4 is 35.2 Å². The maximum atomic E-state index is 12.3. The number of thioether (sulfide) groups is 1. The monoisotopic (exact) mass is 348 g/mol. The maximum Gasteiger partial charge on any atom is 0.333 e. The molecule has 128 valence electrons. The second kappa shape index (κ2) is 8.01. The quantitative estimate of drug-likeness (QED) is 0.652. The fraction of sp³-hybridized carbons (Fsp3) is 0.353. The van der Waals surface area contributed by atoms with Gasteiger partial charge in [0.2, 0.25) is 11.8 Å². The first-order valence-corrected chi connectivity index (χ1v) is 8.58. The average molecular weight is 348 g/mol. The Balaban J connectivity index is 2.07. The van der Waals surface area contributed by atoms with Gasteiger partial charge >= 0.3 is 5.97 Å². The third-order valence-corrected chi connectivity index (χ3v) is 4.64. The minimum atomic E-state index is -0.519. The summed E-state index contributed by atoms with van der Waals surface area (Å²) in [4.78, 5) is 37.1. The highest BCUT2D eigenvalue weighted by Crippen LogP contribution is 2.28. The van der Waals surface area contributed by atoms with Crippen LogP contribution in [0.5, 0.6) is 0 Å². The number of nitrogens with one attached hydrogen (secondary N) is 1. The van der Waals surface area contributed by atoms with Gasteiger partial charge in [-0.1, -0.05) is 23.9 Å². The van der Waals surface area contributed by atoms with E-state index in [0.717, 1.165) is 16.8 Å². The number of hydrogen-bond acceptors (Lipinski definition) is 5. The van der Waals surface area contributed by atoms with Crippen molar-refractivity contribution in [3.63, 3.8) is 0 Å². The summed E-state index contributed by atoms with van der Waals surface area (Å²) >= 11 is 1.22. The van der Waals surface area contributed by atoms with Gasteiger partial charge < -0.3 is 10.1 Å². The number of benzene rings is 1. The molecule has 0 unspecified atom stereocenters. The van der Waals surface area contributed by atoms with E-state index in [1.165, 1.54) is 22.7 Å². The lowest BCUT2D eigenvalue weighted by atomic mass is 10.1. The lowest BCUT2D eigenvalue weighted by Gasteiger charge is -2.17. The first-order valence-electron chi connectivity index (χ1n) is 7.60. The highest BCUT2D eigenvalue weighted by Gasteiger charge is 2.29. The number of carbonyl (C=O) groups excluding carboxylic acids is 3. The SMILES string of the molecule is CCOC(=O)/C=C1\SCC(=O)N1CC(=O)Nc1cccc(C)c1C. The van der Waals surface area contributed by atoms with Crippen LogP contribution in [0.15, 0.2) is 29.3 Å². The second-order valence-electron chi connectivity index (χ2n) is 5.30. The Hall–Kier alpha value is -2.28. The Labute approximate surface area is 145 Å². The van der Waals surface area contributed by atoms with Gasteiger partial charge in [0.25, 0.3) is 0 Å². The molecular weight excluding hydrogens is 328 g/mol. The van der Waals surface area contributed by atoms with Crippen molar-refractivity contribution in [3.05, 3.63) is 40.4 Å². The zero-order valence-electron chi connectivity index (χ0n) is 13.9. The molecular formula is C17H20N2O4S. The summed E-state index contributed by atoms with van der Waals surface area (Å²) in [5.74, 6) is -0.822. The van der Waals surface area contributed by atoms with Gasteiger partial charge in [-0.2, -0.15) is 0 Å². The van der Waals surface area contributed by atoms with Gasteiger partial charge in [0.1, 0.15) is 6.54 Å². The Bertz CT molecular complexity index is 700. The Kier molecular flexibility index (Phi) is 6.03. The predicted octanol–water partition coefficient (Wildman–Crippen LogP) is 2.22. The lowest BCUT2D eigenvalue weighted by Crippen LogP contribution is -2.34. The molecule has 1 aliphatic heterocycles. The van der Waals surface area contributed by atoms with E-state index >= 15 is 0 Å². The predicted molar refractivity (Wildman–Crippen MR) is 93.4 cm³/mol. The summed E-state index contributed by atoms with van der Waals surface area (Å²) in [5, 5.41) is 3.25. The molecule has 2 amide bonds. The van der Waals surface area contributed by atoms with Crippen LogP contribution < -0.4 is 5.32 Å². The molecule has 0 bridgehead atoms. The molecule has 2 rings (SSSR count). The van der Waals surface area contributed by atoms with E-state index in [9.17, 15) is 14.4 Å². The molecule has 1 aromatic rings. The van der Waals surface area contributed by atoms with Crippen LogP contribution in [0.25, 0.3) is 0 Å². The van der Waals surface area contributed by atoms with E-state index in [1.807, 2.05) is 32.0 Å². The number of rotatable bonds is 5. The topological polar surface area (TPSA) is 75.7 Å². The number of amides is 2. The Morgan fingerprint density at radius 1 is 1.38 bits per heavy atom. The maximum absolute atomic E-state index is 12.3. The summed E-state index contributed by atoms with van der Waals surface area (Å²) in [6.45, 7) is 5.72. The molecule has 0 spiro atoms. The summed E-state index contributed by atoms with van der Waals surface area (Å²) in [6, 6.07) is 5.64. The minimum Gasteiger partial charge on any atom is -0.463 e. The molecule has 6 nitrogen and oxygen atoms in total. The molecule has 0 radical (unpaired) electrons. The fourth-order valence-corrected chi connectivity index (χ4v) is 3.13. The molecule has 0 saturated carbocycles. The molecule has 1 aliphatic rings. The molecule has 24 heavy (non-hydrogen) atoms. The molecule has 1 fully saturated rings. The van der Waals surface area contributed by atoms with Crippen LogP contribution >= 0.6 is 11.8 Å². The van der Waals surface area contributed by atoms with Gasteiger partial charge in [-0.3, -0.25) is 14.5 Å². The third-order valence-electron chi connectivity index (χ3n) is 3.62. The third kappa shape index (κ3) is 4.38. The smallest absolute Gasteiger partial charge is 0.333 e. The van der Waals surface area contributed by atoms with Crippen molar-refractivity contribution in [2.24, 2.45) is 0 Å².